The number of aromatic nitrogens is 1. The van der Waals surface area contributed by atoms with Crippen molar-refractivity contribution in [2.24, 2.45) is 0 Å². The quantitative estimate of drug-likeness (QED) is 0.369. The van der Waals surface area contributed by atoms with Crippen molar-refractivity contribution in [3.8, 4) is 11.3 Å². The zero-order chi connectivity index (χ0) is 18.7. The SMILES string of the molecule is O=C(CSc1nc(-c2ccc(Br)cc2)cs1)Nc1c(Cl)cc(Cl)cc1Cl. The maximum Gasteiger partial charge on any atom is 0.234 e. The smallest absolute Gasteiger partial charge is 0.234 e. The summed E-state index contributed by atoms with van der Waals surface area (Å²) in [6.45, 7) is 0. The van der Waals surface area contributed by atoms with Crippen LogP contribution in [0.2, 0.25) is 15.1 Å². The average Bonchev–Trinajstić information content (AvgIpc) is 3.06. The number of carbonyl (C=O) groups excluding carboxylic acids is 1. The number of thiazole rings is 1. The molecule has 0 saturated carbocycles. The number of rotatable bonds is 5. The first-order valence-electron chi connectivity index (χ1n) is 7.21. The Labute approximate surface area is 182 Å². The van der Waals surface area contributed by atoms with Crippen molar-refractivity contribution in [1.82, 2.24) is 4.98 Å². The monoisotopic (exact) mass is 506 g/mol. The van der Waals surface area contributed by atoms with Gasteiger partial charge in [0.2, 0.25) is 5.91 Å². The first-order valence-corrected chi connectivity index (χ1v) is 11.0. The standard InChI is InChI=1S/C17H10BrCl3N2OS2/c18-10-3-1-9(2-4-10)14-7-25-17(22-14)26-8-15(24)23-16-12(20)5-11(19)6-13(16)21/h1-7H,8H2,(H,23,24). The number of nitrogens with zero attached hydrogens (tertiary/aromatic N) is 1. The van der Waals surface area contributed by atoms with Gasteiger partial charge in [0, 0.05) is 20.4 Å². The van der Waals surface area contributed by atoms with Crippen LogP contribution in [0.5, 0.6) is 0 Å². The van der Waals surface area contributed by atoms with Gasteiger partial charge in [0.25, 0.3) is 0 Å². The number of carbonyl (C=O) groups is 1. The van der Waals surface area contributed by atoms with E-state index in [2.05, 4.69) is 26.2 Å². The number of hydrogen-bond acceptors (Lipinski definition) is 4. The third kappa shape index (κ3) is 5.15. The Hall–Kier alpha value is -0.760. The predicted octanol–water partition coefficient (Wildman–Crippen LogP) is 7.26. The van der Waals surface area contributed by atoms with Crippen LogP contribution >= 0.6 is 73.8 Å². The third-order valence-electron chi connectivity index (χ3n) is 3.22. The van der Waals surface area contributed by atoms with E-state index in [1.54, 1.807) is 0 Å². The zero-order valence-electron chi connectivity index (χ0n) is 12.9. The van der Waals surface area contributed by atoms with Gasteiger partial charge in [0.05, 0.1) is 27.2 Å². The predicted molar refractivity (Wildman–Crippen MR) is 116 cm³/mol. The minimum absolute atomic E-state index is 0.197. The summed E-state index contributed by atoms with van der Waals surface area (Å²) in [7, 11) is 0. The van der Waals surface area contributed by atoms with E-state index in [1.165, 1.54) is 35.2 Å². The van der Waals surface area contributed by atoms with Crippen molar-refractivity contribution in [3.05, 3.63) is 61.3 Å². The fraction of sp³-hybridized carbons (Fsp3) is 0.0588. The Balaban J connectivity index is 1.61. The lowest BCUT2D eigenvalue weighted by Gasteiger charge is -2.09. The van der Waals surface area contributed by atoms with Crippen molar-refractivity contribution in [3.63, 3.8) is 0 Å². The number of amides is 1. The molecular formula is C17H10BrCl3N2OS2. The summed E-state index contributed by atoms with van der Waals surface area (Å²) in [4.78, 5) is 16.7. The summed E-state index contributed by atoms with van der Waals surface area (Å²) in [5.41, 5.74) is 2.27. The summed E-state index contributed by atoms with van der Waals surface area (Å²) in [5, 5.41) is 5.69. The molecule has 1 aromatic heterocycles. The van der Waals surface area contributed by atoms with Crippen LogP contribution in [0.4, 0.5) is 5.69 Å². The van der Waals surface area contributed by atoms with E-state index < -0.39 is 0 Å². The fourth-order valence-electron chi connectivity index (χ4n) is 2.04. The van der Waals surface area contributed by atoms with E-state index in [1.807, 2.05) is 29.6 Å². The third-order valence-corrected chi connectivity index (χ3v) is 6.59. The van der Waals surface area contributed by atoms with Crippen molar-refractivity contribution in [2.45, 2.75) is 4.34 Å². The molecule has 0 saturated heterocycles. The first kappa shape index (κ1) is 20.0. The summed E-state index contributed by atoms with van der Waals surface area (Å²) in [6.07, 6.45) is 0. The van der Waals surface area contributed by atoms with Gasteiger partial charge in [-0.3, -0.25) is 4.79 Å². The molecule has 1 heterocycles. The van der Waals surface area contributed by atoms with Crippen LogP contribution in [0.15, 0.2) is 50.6 Å². The summed E-state index contributed by atoms with van der Waals surface area (Å²) < 4.78 is 1.83. The molecule has 0 aliphatic carbocycles. The minimum Gasteiger partial charge on any atom is -0.323 e. The van der Waals surface area contributed by atoms with Crippen LogP contribution < -0.4 is 5.32 Å². The van der Waals surface area contributed by atoms with Gasteiger partial charge < -0.3 is 5.32 Å². The van der Waals surface area contributed by atoms with E-state index in [4.69, 9.17) is 34.8 Å². The van der Waals surface area contributed by atoms with Crippen LogP contribution in [0.1, 0.15) is 0 Å². The highest BCUT2D eigenvalue weighted by Gasteiger charge is 2.13. The van der Waals surface area contributed by atoms with E-state index in [9.17, 15) is 4.79 Å². The van der Waals surface area contributed by atoms with Gasteiger partial charge in [-0.2, -0.15) is 0 Å². The topological polar surface area (TPSA) is 42.0 Å². The van der Waals surface area contributed by atoms with Crippen LogP contribution in [0, 0.1) is 0 Å². The average molecular weight is 509 g/mol. The maximum absolute atomic E-state index is 12.2. The molecule has 0 spiro atoms. The van der Waals surface area contributed by atoms with Crippen LogP contribution in [-0.4, -0.2) is 16.6 Å². The van der Waals surface area contributed by atoms with Gasteiger partial charge in [-0.15, -0.1) is 11.3 Å². The molecule has 9 heteroatoms. The molecule has 0 bridgehead atoms. The summed E-state index contributed by atoms with van der Waals surface area (Å²) in [6, 6.07) is 11.0. The number of thioether (sulfide) groups is 1. The molecule has 0 atom stereocenters. The van der Waals surface area contributed by atoms with E-state index in [0.717, 1.165) is 20.1 Å². The normalized spacial score (nSPS) is 10.8. The number of benzene rings is 2. The second kappa shape index (κ2) is 8.95. The molecule has 26 heavy (non-hydrogen) atoms. The molecule has 2 aromatic carbocycles. The van der Waals surface area contributed by atoms with Crippen LogP contribution in [0.25, 0.3) is 11.3 Å². The van der Waals surface area contributed by atoms with Gasteiger partial charge in [-0.05, 0) is 24.3 Å². The van der Waals surface area contributed by atoms with Gasteiger partial charge in [0.15, 0.2) is 4.34 Å². The lowest BCUT2D eigenvalue weighted by Crippen LogP contribution is -2.14. The summed E-state index contributed by atoms with van der Waals surface area (Å²) in [5.74, 6) is -0.0238. The molecular weight excluding hydrogens is 499 g/mol. The van der Waals surface area contributed by atoms with Crippen LogP contribution in [0.3, 0.4) is 0 Å². The molecule has 0 aliphatic rings. The van der Waals surface area contributed by atoms with Crippen molar-refractivity contribution in [2.75, 3.05) is 11.1 Å². The number of hydrogen-bond donors (Lipinski definition) is 1. The highest BCUT2D eigenvalue weighted by molar-refractivity contribution is 9.10. The number of halogens is 4. The Bertz CT molecular complexity index is 924. The number of anilines is 1. The van der Waals surface area contributed by atoms with Gasteiger partial charge in [0.1, 0.15) is 0 Å². The molecule has 0 unspecified atom stereocenters. The molecule has 3 nitrogen and oxygen atoms in total. The number of nitrogens with one attached hydrogen (secondary N) is 1. The van der Waals surface area contributed by atoms with Crippen molar-refractivity contribution >= 4 is 85.4 Å². The van der Waals surface area contributed by atoms with Crippen LogP contribution in [-0.2, 0) is 4.79 Å². The van der Waals surface area contributed by atoms with E-state index >= 15 is 0 Å². The minimum atomic E-state index is -0.221. The molecule has 3 rings (SSSR count). The Morgan fingerprint density at radius 3 is 2.46 bits per heavy atom. The molecule has 0 aliphatic heterocycles. The van der Waals surface area contributed by atoms with Gasteiger partial charge in [-0.1, -0.05) is 74.6 Å². The lowest BCUT2D eigenvalue weighted by atomic mass is 10.2. The molecule has 0 radical (unpaired) electrons. The summed E-state index contributed by atoms with van der Waals surface area (Å²) >= 11 is 24.3. The highest BCUT2D eigenvalue weighted by Crippen LogP contribution is 2.34. The van der Waals surface area contributed by atoms with Crippen molar-refractivity contribution < 1.29 is 4.79 Å². The second-order valence-electron chi connectivity index (χ2n) is 5.09. The first-order chi connectivity index (χ1) is 12.4. The molecule has 0 fully saturated rings. The molecule has 1 amide bonds. The van der Waals surface area contributed by atoms with Crippen molar-refractivity contribution in [1.29, 1.82) is 0 Å². The fourth-order valence-corrected chi connectivity index (χ4v) is 4.85. The Morgan fingerprint density at radius 1 is 1.15 bits per heavy atom. The Kier molecular flexibility index (Phi) is 6.88. The van der Waals surface area contributed by atoms with Gasteiger partial charge in [-0.25, -0.2) is 4.98 Å². The largest absolute Gasteiger partial charge is 0.323 e. The van der Waals surface area contributed by atoms with E-state index in [0.29, 0.717) is 20.8 Å². The van der Waals surface area contributed by atoms with E-state index in [-0.39, 0.29) is 11.7 Å². The highest BCUT2D eigenvalue weighted by atomic mass is 79.9. The lowest BCUT2D eigenvalue weighted by molar-refractivity contribution is -0.113. The maximum atomic E-state index is 12.2. The zero-order valence-corrected chi connectivity index (χ0v) is 18.4. The molecule has 3 aromatic rings. The molecule has 134 valence electrons. The van der Waals surface area contributed by atoms with Gasteiger partial charge >= 0.3 is 0 Å². The second-order valence-corrected chi connectivity index (χ2v) is 9.33. The Morgan fingerprint density at radius 2 is 1.81 bits per heavy atom. The molecule has 1 N–H and O–H groups in total.